The Morgan fingerprint density at radius 2 is 1.62 bits per heavy atom. The van der Waals surface area contributed by atoms with Crippen molar-refractivity contribution < 1.29 is 31.1 Å². The summed E-state index contributed by atoms with van der Waals surface area (Å²) in [7, 11) is 0. The first-order chi connectivity index (χ1) is 14.5. The van der Waals surface area contributed by atoms with Crippen LogP contribution in [0.1, 0.15) is 11.1 Å². The van der Waals surface area contributed by atoms with Gasteiger partial charge >= 0.3 is 12.4 Å². The molecule has 14 heteroatoms. The molecule has 0 unspecified atom stereocenters. The van der Waals surface area contributed by atoms with Gasteiger partial charge in [0.05, 0.1) is 11.1 Å². The van der Waals surface area contributed by atoms with Gasteiger partial charge in [-0.1, -0.05) is 6.07 Å². The van der Waals surface area contributed by atoms with Gasteiger partial charge in [-0.3, -0.25) is 15.6 Å². The normalized spacial score (nSPS) is 11.8. The summed E-state index contributed by atoms with van der Waals surface area (Å²) in [6.45, 7) is 0. The molecule has 170 valence electrons. The third-order valence-electron chi connectivity index (χ3n) is 3.71. The van der Waals surface area contributed by atoms with Crippen molar-refractivity contribution >= 4 is 30.3 Å². The van der Waals surface area contributed by atoms with Crippen molar-refractivity contribution in [2.24, 2.45) is 0 Å². The Morgan fingerprint density at radius 1 is 0.969 bits per heavy atom. The monoisotopic (exact) mass is 478 g/mol. The number of anilines is 1. The van der Waals surface area contributed by atoms with E-state index >= 15 is 0 Å². The maximum absolute atomic E-state index is 13.0. The van der Waals surface area contributed by atoms with Crippen molar-refractivity contribution in [2.75, 3.05) is 5.43 Å². The molecule has 2 N–H and O–H groups in total. The number of carbonyl (C=O) groups excluding carboxylic acids is 1. The largest absolute Gasteiger partial charge is 0.416 e. The van der Waals surface area contributed by atoms with Crippen LogP contribution in [0.4, 0.5) is 32.2 Å². The van der Waals surface area contributed by atoms with Gasteiger partial charge in [-0.15, -0.1) is 17.5 Å². The fourth-order valence-electron chi connectivity index (χ4n) is 2.31. The van der Waals surface area contributed by atoms with Crippen LogP contribution in [0.5, 0.6) is 0 Å². The molecule has 0 bridgehead atoms. The van der Waals surface area contributed by atoms with Crippen LogP contribution in [-0.2, 0) is 17.1 Å². The minimum absolute atomic E-state index is 0. The molecule has 0 aliphatic rings. The van der Waals surface area contributed by atoms with Crippen molar-refractivity contribution in [1.29, 1.82) is 0 Å². The highest BCUT2D eigenvalue weighted by molar-refractivity contribution is 5.90. The van der Waals surface area contributed by atoms with E-state index in [4.69, 9.17) is 0 Å². The molecular formula is C18H13ClF6N6O. The zero-order valence-corrected chi connectivity index (χ0v) is 16.5. The van der Waals surface area contributed by atoms with E-state index in [1.807, 2.05) is 0 Å². The highest BCUT2D eigenvalue weighted by Gasteiger charge is 2.37. The van der Waals surface area contributed by atoms with Crippen LogP contribution in [-0.4, -0.2) is 25.7 Å². The summed E-state index contributed by atoms with van der Waals surface area (Å²) >= 11 is 0. The number of nitrogens with one attached hydrogen (secondary N) is 2. The molecule has 0 aliphatic heterocycles. The molecule has 0 saturated heterocycles. The number of amides is 1. The summed E-state index contributed by atoms with van der Waals surface area (Å²) in [6.07, 6.45) is -5.32. The van der Waals surface area contributed by atoms with Crippen LogP contribution in [0.2, 0.25) is 0 Å². The molecule has 0 atom stereocenters. The lowest BCUT2D eigenvalue weighted by molar-refractivity contribution is -0.143. The van der Waals surface area contributed by atoms with Gasteiger partial charge in [-0.25, -0.2) is 14.6 Å². The fourth-order valence-corrected chi connectivity index (χ4v) is 2.31. The van der Waals surface area contributed by atoms with Crippen LogP contribution >= 0.6 is 12.4 Å². The molecule has 1 aromatic carbocycles. The molecule has 0 spiro atoms. The number of alkyl halides is 6. The molecular weight excluding hydrogens is 466 g/mol. The van der Waals surface area contributed by atoms with Crippen LogP contribution in [0.15, 0.2) is 55.0 Å². The highest BCUT2D eigenvalue weighted by Crippen LogP contribution is 2.38. The van der Waals surface area contributed by atoms with E-state index in [0.29, 0.717) is 18.0 Å². The third kappa shape index (κ3) is 6.44. The molecule has 32 heavy (non-hydrogen) atoms. The Morgan fingerprint density at radius 3 is 2.19 bits per heavy atom. The van der Waals surface area contributed by atoms with E-state index in [2.05, 4.69) is 25.9 Å². The maximum Gasteiger partial charge on any atom is 0.416 e. The molecule has 0 radical (unpaired) electrons. The van der Waals surface area contributed by atoms with Crippen molar-refractivity contribution in [2.45, 2.75) is 12.4 Å². The lowest BCUT2D eigenvalue weighted by Crippen LogP contribution is -2.28. The minimum Gasteiger partial charge on any atom is -0.282 e. The molecule has 2 heterocycles. The SMILES string of the molecule is Cl.O=C(C=Cn1cnc(-c2cc(C(F)(F)F)cc(C(F)(F)F)c2)n1)NNc1ccccn1. The lowest BCUT2D eigenvalue weighted by Gasteiger charge is -2.13. The van der Waals surface area contributed by atoms with Crippen LogP contribution in [0.25, 0.3) is 17.6 Å². The number of halogens is 7. The standard InChI is InChI=1S/C18H12F6N6O.ClH/c19-17(20,21)12-7-11(8-13(9-12)18(22,23)24)16-26-10-30(29-16)6-4-15(31)28-27-14-3-1-2-5-25-14;/h1-10H,(H,25,27)(H,28,31);1H. The first-order valence-corrected chi connectivity index (χ1v) is 8.38. The number of hydrogen-bond acceptors (Lipinski definition) is 5. The first kappa shape index (κ1) is 24.7. The van der Waals surface area contributed by atoms with Crippen molar-refractivity contribution in [1.82, 2.24) is 25.2 Å². The van der Waals surface area contributed by atoms with Gasteiger partial charge < -0.3 is 0 Å². The summed E-state index contributed by atoms with van der Waals surface area (Å²) in [6, 6.07) is 6.00. The summed E-state index contributed by atoms with van der Waals surface area (Å²) in [5.74, 6) is -0.633. The average molecular weight is 479 g/mol. The second kappa shape index (κ2) is 9.68. The Balaban J connectivity index is 0.00000363. The lowest BCUT2D eigenvalue weighted by atomic mass is 10.0. The Labute approximate surface area is 182 Å². The first-order valence-electron chi connectivity index (χ1n) is 8.38. The van der Waals surface area contributed by atoms with Crippen molar-refractivity contribution in [3.63, 3.8) is 0 Å². The predicted molar refractivity (Wildman–Crippen MR) is 104 cm³/mol. The van der Waals surface area contributed by atoms with Crippen molar-refractivity contribution in [3.8, 4) is 11.4 Å². The maximum atomic E-state index is 13.0. The predicted octanol–water partition coefficient (Wildman–Crippen LogP) is 4.41. The number of benzene rings is 1. The number of carbonyl (C=O) groups is 1. The van der Waals surface area contributed by atoms with E-state index in [1.165, 1.54) is 6.20 Å². The van der Waals surface area contributed by atoms with Gasteiger partial charge in [0.1, 0.15) is 12.1 Å². The molecule has 0 saturated carbocycles. The van der Waals surface area contributed by atoms with Gasteiger partial charge in [-0.05, 0) is 30.3 Å². The molecule has 0 aliphatic carbocycles. The van der Waals surface area contributed by atoms with Crippen LogP contribution in [0.3, 0.4) is 0 Å². The van der Waals surface area contributed by atoms with E-state index in [9.17, 15) is 31.1 Å². The third-order valence-corrected chi connectivity index (χ3v) is 3.71. The van der Waals surface area contributed by atoms with E-state index in [-0.39, 0.29) is 24.3 Å². The minimum atomic E-state index is -4.99. The summed E-state index contributed by atoms with van der Waals surface area (Å²) in [4.78, 5) is 19.4. The Hall–Kier alpha value is -3.61. The molecule has 3 aromatic rings. The topological polar surface area (TPSA) is 84.7 Å². The van der Waals surface area contributed by atoms with Gasteiger partial charge in [0.2, 0.25) is 0 Å². The summed E-state index contributed by atoms with van der Waals surface area (Å²) in [5.41, 5.74) is 1.40. The zero-order valence-electron chi connectivity index (χ0n) is 15.6. The molecule has 0 fully saturated rings. The quantitative estimate of drug-likeness (QED) is 0.322. The molecule has 3 rings (SSSR count). The Bertz CT molecular complexity index is 1070. The van der Waals surface area contributed by atoms with Crippen LogP contribution < -0.4 is 10.9 Å². The molecule has 1 amide bonds. The van der Waals surface area contributed by atoms with Crippen molar-refractivity contribution in [3.05, 3.63) is 66.1 Å². The van der Waals surface area contributed by atoms with E-state index < -0.39 is 35.0 Å². The number of nitrogens with zero attached hydrogens (tertiary/aromatic N) is 4. The number of hydrazine groups is 1. The molecule has 2 aromatic heterocycles. The number of pyridine rings is 1. The van der Waals surface area contributed by atoms with Gasteiger partial charge in [0.15, 0.2) is 5.82 Å². The summed E-state index contributed by atoms with van der Waals surface area (Å²) < 4.78 is 78.9. The van der Waals surface area contributed by atoms with Crippen LogP contribution in [0, 0.1) is 0 Å². The number of rotatable bonds is 5. The molecule has 7 nitrogen and oxygen atoms in total. The second-order valence-electron chi connectivity index (χ2n) is 5.99. The smallest absolute Gasteiger partial charge is 0.282 e. The van der Waals surface area contributed by atoms with E-state index in [1.54, 1.807) is 18.2 Å². The summed E-state index contributed by atoms with van der Waals surface area (Å²) in [5, 5.41) is 3.79. The van der Waals surface area contributed by atoms with Gasteiger partial charge in [0, 0.05) is 24.0 Å². The second-order valence-corrected chi connectivity index (χ2v) is 5.99. The van der Waals surface area contributed by atoms with E-state index in [0.717, 1.165) is 23.3 Å². The number of aromatic nitrogens is 4. The average Bonchev–Trinajstić information content (AvgIpc) is 3.19. The highest BCUT2D eigenvalue weighted by atomic mass is 35.5. The Kier molecular flexibility index (Phi) is 7.46. The fraction of sp³-hybridized carbons (Fsp3) is 0.111. The zero-order chi connectivity index (χ0) is 22.6. The van der Waals surface area contributed by atoms with Gasteiger partial charge in [-0.2, -0.15) is 26.3 Å². The number of hydrogen-bond donors (Lipinski definition) is 2. The van der Waals surface area contributed by atoms with Gasteiger partial charge in [0.25, 0.3) is 5.91 Å².